The molecule has 26 heavy (non-hydrogen) atoms. The number of carbonyl (C=O) groups is 1. The lowest BCUT2D eigenvalue weighted by molar-refractivity contribution is 0.0994. The van der Waals surface area contributed by atoms with Gasteiger partial charge in [-0.15, -0.1) is 0 Å². The van der Waals surface area contributed by atoms with E-state index in [1.807, 2.05) is 0 Å². The van der Waals surface area contributed by atoms with E-state index >= 15 is 0 Å². The fourth-order valence-electron chi connectivity index (χ4n) is 5.16. The summed E-state index contributed by atoms with van der Waals surface area (Å²) in [6, 6.07) is 11.4. The molecule has 0 spiro atoms. The lowest BCUT2D eigenvalue weighted by Gasteiger charge is -2.13. The van der Waals surface area contributed by atoms with Gasteiger partial charge in [-0.05, 0) is 76.8 Å². The zero-order valence-electron chi connectivity index (χ0n) is 15.6. The molecule has 0 aliphatic heterocycles. The van der Waals surface area contributed by atoms with Crippen LogP contribution < -0.4 is 0 Å². The molecule has 0 bridgehead atoms. The molecule has 0 aromatic heterocycles. The van der Waals surface area contributed by atoms with E-state index in [1.165, 1.54) is 57.4 Å². The van der Waals surface area contributed by atoms with Crippen molar-refractivity contribution in [3.05, 3.63) is 75.9 Å². The van der Waals surface area contributed by atoms with Gasteiger partial charge in [0, 0.05) is 17.9 Å². The summed E-state index contributed by atoms with van der Waals surface area (Å²) in [5, 5.41) is 0. The van der Waals surface area contributed by atoms with Crippen LogP contribution in [0.2, 0.25) is 0 Å². The molecule has 0 saturated heterocycles. The van der Waals surface area contributed by atoms with Gasteiger partial charge < -0.3 is 0 Å². The number of carbonyl (C=O) groups excluding carboxylic acids is 1. The maximum atomic E-state index is 12.3. The monoisotopic (exact) mass is 340 g/mol. The first-order valence-corrected chi connectivity index (χ1v) is 9.89. The molecule has 5 rings (SSSR count). The third-order valence-corrected chi connectivity index (χ3v) is 6.41. The Kier molecular flexibility index (Phi) is 3.53. The Morgan fingerprint density at radius 1 is 1.04 bits per heavy atom. The van der Waals surface area contributed by atoms with Crippen LogP contribution in [0, 0.1) is 0 Å². The van der Waals surface area contributed by atoms with Crippen LogP contribution in [0.3, 0.4) is 0 Å². The summed E-state index contributed by atoms with van der Waals surface area (Å²) < 4.78 is 0. The zero-order chi connectivity index (χ0) is 17.8. The first-order chi connectivity index (χ1) is 12.7. The maximum absolute atomic E-state index is 12.3. The topological polar surface area (TPSA) is 17.1 Å². The fraction of sp³-hybridized carbons (Fsp3) is 0.320. The van der Waals surface area contributed by atoms with Crippen molar-refractivity contribution in [1.29, 1.82) is 0 Å². The Labute approximate surface area is 155 Å². The van der Waals surface area contributed by atoms with Crippen LogP contribution in [0.25, 0.3) is 16.7 Å². The number of fused-ring (bicyclic) bond motifs is 5. The molecule has 1 nitrogen and oxygen atoms in total. The predicted octanol–water partition coefficient (Wildman–Crippen LogP) is 6.46. The number of hydrogen-bond donors (Lipinski definition) is 0. The molecule has 1 unspecified atom stereocenters. The average Bonchev–Trinajstić information content (AvgIpc) is 3.32. The molecule has 1 heteroatoms. The van der Waals surface area contributed by atoms with Gasteiger partial charge in [0.15, 0.2) is 5.78 Å². The number of rotatable bonds is 3. The van der Waals surface area contributed by atoms with Crippen molar-refractivity contribution in [1.82, 2.24) is 0 Å². The van der Waals surface area contributed by atoms with E-state index in [9.17, 15) is 4.79 Å². The minimum atomic E-state index is 0.318. The molecule has 0 saturated carbocycles. The predicted molar refractivity (Wildman–Crippen MR) is 108 cm³/mol. The molecule has 3 aliphatic rings. The Morgan fingerprint density at radius 3 is 2.65 bits per heavy atom. The van der Waals surface area contributed by atoms with E-state index in [0.29, 0.717) is 18.1 Å². The molecule has 0 radical (unpaired) electrons. The molecule has 2 aromatic carbocycles. The third kappa shape index (κ3) is 2.13. The SMILES string of the molecule is CCCC1c2ccc(C3=C(C)C=CC3)cc2-c2c1ccc1c2CCC1=O. The van der Waals surface area contributed by atoms with Crippen LogP contribution in [0.5, 0.6) is 0 Å². The molecular weight excluding hydrogens is 316 g/mol. The van der Waals surface area contributed by atoms with Crippen molar-refractivity contribution >= 4 is 11.4 Å². The van der Waals surface area contributed by atoms with E-state index in [1.54, 1.807) is 0 Å². The lowest BCUT2D eigenvalue weighted by Crippen LogP contribution is -1.98. The first-order valence-electron chi connectivity index (χ1n) is 9.89. The second kappa shape index (κ2) is 5.81. The van der Waals surface area contributed by atoms with Gasteiger partial charge in [-0.25, -0.2) is 0 Å². The second-order valence-corrected chi connectivity index (χ2v) is 7.89. The normalized spacial score (nSPS) is 19.9. The lowest BCUT2D eigenvalue weighted by atomic mass is 9.90. The number of benzene rings is 2. The maximum Gasteiger partial charge on any atom is 0.163 e. The molecule has 0 amide bonds. The number of allylic oxidation sites excluding steroid dienone is 4. The van der Waals surface area contributed by atoms with Gasteiger partial charge in [-0.2, -0.15) is 0 Å². The summed E-state index contributed by atoms with van der Waals surface area (Å²) in [6.07, 6.45) is 9.44. The quantitative estimate of drug-likeness (QED) is 0.626. The van der Waals surface area contributed by atoms with Crippen LogP contribution in [-0.4, -0.2) is 5.78 Å². The number of hydrogen-bond acceptors (Lipinski definition) is 1. The highest BCUT2D eigenvalue weighted by Gasteiger charge is 2.34. The van der Waals surface area contributed by atoms with Gasteiger partial charge >= 0.3 is 0 Å². The fourth-order valence-corrected chi connectivity index (χ4v) is 5.16. The van der Waals surface area contributed by atoms with Gasteiger partial charge in [0.2, 0.25) is 0 Å². The standard InChI is InChI=1S/C25H24O/c1-3-5-18-19-9-8-16(17-7-4-6-15(17)2)14-23(19)25-21(18)11-10-20-22(25)12-13-24(20)26/h4,6,8-11,14,18H,3,5,7,12-13H2,1-2H3. The van der Waals surface area contributed by atoms with Crippen LogP contribution in [-0.2, 0) is 6.42 Å². The summed E-state index contributed by atoms with van der Waals surface area (Å²) in [4.78, 5) is 12.3. The van der Waals surface area contributed by atoms with Crippen LogP contribution in [0.4, 0.5) is 0 Å². The zero-order valence-corrected chi connectivity index (χ0v) is 15.6. The van der Waals surface area contributed by atoms with Crippen molar-refractivity contribution in [2.75, 3.05) is 0 Å². The van der Waals surface area contributed by atoms with Gasteiger partial charge in [0.05, 0.1) is 0 Å². The molecule has 0 fully saturated rings. The van der Waals surface area contributed by atoms with E-state index in [4.69, 9.17) is 0 Å². The smallest absolute Gasteiger partial charge is 0.163 e. The second-order valence-electron chi connectivity index (χ2n) is 7.89. The number of ketones is 1. The third-order valence-electron chi connectivity index (χ3n) is 6.41. The molecule has 0 N–H and O–H groups in total. The molecule has 130 valence electrons. The Hall–Kier alpha value is -2.41. The molecular formula is C25H24O. The van der Waals surface area contributed by atoms with Gasteiger partial charge in [0.1, 0.15) is 0 Å². The van der Waals surface area contributed by atoms with Gasteiger partial charge in [-0.3, -0.25) is 4.79 Å². The largest absolute Gasteiger partial charge is 0.294 e. The van der Waals surface area contributed by atoms with Crippen LogP contribution >= 0.6 is 0 Å². The van der Waals surface area contributed by atoms with Crippen molar-refractivity contribution in [3.8, 4) is 11.1 Å². The van der Waals surface area contributed by atoms with Crippen LogP contribution in [0.1, 0.15) is 78.1 Å². The summed E-state index contributed by atoms with van der Waals surface area (Å²) in [6.45, 7) is 4.47. The Morgan fingerprint density at radius 2 is 1.88 bits per heavy atom. The van der Waals surface area contributed by atoms with E-state index in [2.05, 4.69) is 56.3 Å². The highest BCUT2D eigenvalue weighted by Crippen LogP contribution is 2.51. The summed E-state index contributed by atoms with van der Waals surface area (Å²) >= 11 is 0. The molecule has 0 heterocycles. The highest BCUT2D eigenvalue weighted by atomic mass is 16.1. The highest BCUT2D eigenvalue weighted by molar-refractivity contribution is 6.04. The Bertz CT molecular complexity index is 1000. The van der Waals surface area contributed by atoms with E-state index in [0.717, 1.165) is 18.4 Å². The van der Waals surface area contributed by atoms with Gasteiger partial charge in [0.25, 0.3) is 0 Å². The van der Waals surface area contributed by atoms with Crippen LogP contribution in [0.15, 0.2) is 48.1 Å². The average molecular weight is 340 g/mol. The van der Waals surface area contributed by atoms with Crippen molar-refractivity contribution < 1.29 is 4.79 Å². The molecule has 1 atom stereocenters. The molecule has 3 aliphatic carbocycles. The van der Waals surface area contributed by atoms with E-state index < -0.39 is 0 Å². The first kappa shape index (κ1) is 15.8. The number of Topliss-reactive ketones (excluding diaryl/α,β-unsaturated/α-hetero) is 1. The molecule has 2 aromatic rings. The summed E-state index contributed by atoms with van der Waals surface area (Å²) in [5.41, 5.74) is 12.1. The van der Waals surface area contributed by atoms with Crippen molar-refractivity contribution in [2.24, 2.45) is 0 Å². The van der Waals surface area contributed by atoms with Crippen molar-refractivity contribution in [2.45, 2.75) is 51.9 Å². The van der Waals surface area contributed by atoms with Gasteiger partial charge in [-0.1, -0.05) is 49.8 Å². The summed E-state index contributed by atoms with van der Waals surface area (Å²) in [5.74, 6) is 0.801. The Balaban J connectivity index is 1.74. The van der Waals surface area contributed by atoms with E-state index in [-0.39, 0.29) is 0 Å². The van der Waals surface area contributed by atoms with Crippen molar-refractivity contribution in [3.63, 3.8) is 0 Å². The summed E-state index contributed by atoms with van der Waals surface area (Å²) in [7, 11) is 0. The minimum Gasteiger partial charge on any atom is -0.294 e. The minimum absolute atomic E-state index is 0.318.